The summed E-state index contributed by atoms with van der Waals surface area (Å²) in [7, 11) is 0. The van der Waals surface area contributed by atoms with Crippen molar-refractivity contribution in [1.29, 1.82) is 0 Å². The Labute approximate surface area is 194 Å². The van der Waals surface area contributed by atoms with Crippen molar-refractivity contribution in [2.45, 2.75) is 91.9 Å². The van der Waals surface area contributed by atoms with Gasteiger partial charge < -0.3 is 9.84 Å². The Balaban J connectivity index is 2.77. The van der Waals surface area contributed by atoms with Gasteiger partial charge in [-0.3, -0.25) is 0 Å². The Morgan fingerprint density at radius 1 is 0.969 bits per heavy atom. The van der Waals surface area contributed by atoms with E-state index in [9.17, 15) is 9.90 Å². The maximum Gasteiger partial charge on any atom is 0.335 e. The lowest BCUT2D eigenvalue weighted by atomic mass is 9.76. The van der Waals surface area contributed by atoms with E-state index in [0.29, 0.717) is 11.5 Å². The lowest BCUT2D eigenvalue weighted by Crippen LogP contribution is -2.18. The molecule has 0 saturated carbocycles. The third-order valence-corrected chi connectivity index (χ3v) is 6.07. The van der Waals surface area contributed by atoms with Gasteiger partial charge in [-0.15, -0.1) is 0 Å². The monoisotopic (exact) mass is 436 g/mol. The second kappa shape index (κ2) is 9.52. The van der Waals surface area contributed by atoms with E-state index < -0.39 is 5.97 Å². The quantitative estimate of drug-likeness (QED) is 0.288. The molecule has 32 heavy (non-hydrogen) atoms. The van der Waals surface area contributed by atoms with Gasteiger partial charge in [-0.25, -0.2) is 4.79 Å². The number of hydrogen-bond donors (Lipinski definition) is 1. The Kier molecular flexibility index (Phi) is 7.65. The molecule has 0 amide bonds. The van der Waals surface area contributed by atoms with Crippen LogP contribution in [0.15, 0.2) is 36.9 Å². The van der Waals surface area contributed by atoms with Gasteiger partial charge in [-0.05, 0) is 71.0 Å². The Morgan fingerprint density at radius 2 is 1.47 bits per heavy atom. The van der Waals surface area contributed by atoms with Crippen LogP contribution in [0.3, 0.4) is 0 Å². The molecule has 2 aromatic rings. The number of aryl methyl sites for hydroxylation is 2. The first-order valence-electron chi connectivity index (χ1n) is 11.5. The zero-order valence-electron chi connectivity index (χ0n) is 21.3. The van der Waals surface area contributed by atoms with Gasteiger partial charge in [0.05, 0.1) is 0 Å². The summed E-state index contributed by atoms with van der Waals surface area (Å²) >= 11 is 0. The third kappa shape index (κ3) is 5.62. The molecule has 0 saturated heterocycles. The maximum absolute atomic E-state index is 12.0. The molecule has 1 atom stereocenters. The molecule has 0 heterocycles. The van der Waals surface area contributed by atoms with Crippen molar-refractivity contribution in [3.05, 3.63) is 70.3 Å². The highest BCUT2D eigenvalue weighted by molar-refractivity contribution is 5.83. The van der Waals surface area contributed by atoms with E-state index >= 15 is 0 Å². The van der Waals surface area contributed by atoms with Gasteiger partial charge in [-0.1, -0.05) is 73.6 Å². The van der Waals surface area contributed by atoms with Crippen molar-refractivity contribution in [3.8, 4) is 11.5 Å². The molecule has 0 aromatic heterocycles. The van der Waals surface area contributed by atoms with Crippen LogP contribution < -0.4 is 4.74 Å². The number of esters is 1. The minimum absolute atomic E-state index is 0.155. The fourth-order valence-electron chi connectivity index (χ4n) is 4.35. The molecule has 0 bridgehead atoms. The Hall–Kier alpha value is -2.55. The van der Waals surface area contributed by atoms with Crippen molar-refractivity contribution >= 4 is 5.97 Å². The number of phenols is 1. The number of carbonyl (C=O) groups is 1. The molecule has 0 aliphatic heterocycles. The van der Waals surface area contributed by atoms with Crippen LogP contribution >= 0.6 is 0 Å². The van der Waals surface area contributed by atoms with Crippen LogP contribution in [0.1, 0.15) is 101 Å². The minimum atomic E-state index is -0.447. The van der Waals surface area contributed by atoms with Gasteiger partial charge in [0.2, 0.25) is 0 Å². The van der Waals surface area contributed by atoms with E-state index in [1.54, 1.807) is 0 Å². The summed E-state index contributed by atoms with van der Waals surface area (Å²) in [5.41, 5.74) is 6.28. The molecule has 3 nitrogen and oxygen atoms in total. The van der Waals surface area contributed by atoms with Crippen LogP contribution in [0, 0.1) is 13.8 Å². The Morgan fingerprint density at radius 3 is 1.94 bits per heavy atom. The summed E-state index contributed by atoms with van der Waals surface area (Å²) in [6.45, 7) is 22.7. The van der Waals surface area contributed by atoms with Crippen LogP contribution in [0.2, 0.25) is 0 Å². The predicted octanol–water partition coefficient (Wildman–Crippen LogP) is 7.63. The lowest BCUT2D eigenvalue weighted by molar-refractivity contribution is -0.129. The normalized spacial score (nSPS) is 13.0. The average molecular weight is 437 g/mol. The topological polar surface area (TPSA) is 46.5 Å². The van der Waals surface area contributed by atoms with E-state index in [0.717, 1.165) is 35.1 Å². The molecule has 2 rings (SSSR count). The second-order valence-corrected chi connectivity index (χ2v) is 10.9. The van der Waals surface area contributed by atoms with Crippen LogP contribution in [-0.2, 0) is 15.6 Å². The molecule has 0 aliphatic rings. The van der Waals surface area contributed by atoms with Gasteiger partial charge in [0.25, 0.3) is 0 Å². The van der Waals surface area contributed by atoms with E-state index in [4.69, 9.17) is 4.74 Å². The van der Waals surface area contributed by atoms with Crippen LogP contribution in [-0.4, -0.2) is 11.1 Å². The van der Waals surface area contributed by atoms with E-state index in [2.05, 4.69) is 81.0 Å². The van der Waals surface area contributed by atoms with Gasteiger partial charge in [-0.2, -0.15) is 0 Å². The molecule has 1 N–H and O–H groups in total. The summed E-state index contributed by atoms with van der Waals surface area (Å²) in [6.07, 6.45) is 3.22. The van der Waals surface area contributed by atoms with Crippen LogP contribution in [0.25, 0.3) is 0 Å². The molecule has 2 aromatic carbocycles. The van der Waals surface area contributed by atoms with Crippen molar-refractivity contribution in [2.75, 3.05) is 0 Å². The second-order valence-electron chi connectivity index (χ2n) is 10.9. The number of hydrogen-bond acceptors (Lipinski definition) is 3. The average Bonchev–Trinajstić information content (AvgIpc) is 2.65. The molecular formula is C29H40O3. The van der Waals surface area contributed by atoms with Gasteiger partial charge in [0.1, 0.15) is 11.5 Å². The summed E-state index contributed by atoms with van der Waals surface area (Å²) < 4.78 is 5.62. The molecule has 0 radical (unpaired) electrons. The van der Waals surface area contributed by atoms with E-state index in [-0.39, 0.29) is 16.7 Å². The zero-order valence-corrected chi connectivity index (χ0v) is 21.3. The highest BCUT2D eigenvalue weighted by Gasteiger charge is 2.27. The molecular weight excluding hydrogens is 396 g/mol. The highest BCUT2D eigenvalue weighted by Crippen LogP contribution is 2.42. The summed E-state index contributed by atoms with van der Waals surface area (Å²) in [5, 5.41) is 10.6. The smallest absolute Gasteiger partial charge is 0.335 e. The Bertz CT molecular complexity index is 1000. The van der Waals surface area contributed by atoms with Crippen molar-refractivity contribution in [3.63, 3.8) is 0 Å². The number of rotatable bonds is 6. The molecule has 174 valence electrons. The van der Waals surface area contributed by atoms with Crippen molar-refractivity contribution < 1.29 is 14.6 Å². The van der Waals surface area contributed by atoms with Crippen molar-refractivity contribution in [2.24, 2.45) is 0 Å². The van der Waals surface area contributed by atoms with Crippen LogP contribution in [0.4, 0.5) is 0 Å². The number of aromatic hydroxyl groups is 1. The molecule has 0 spiro atoms. The van der Waals surface area contributed by atoms with E-state index in [1.807, 2.05) is 12.1 Å². The van der Waals surface area contributed by atoms with Crippen LogP contribution in [0.5, 0.6) is 11.5 Å². The molecule has 1 unspecified atom stereocenters. The summed E-state index contributed by atoms with van der Waals surface area (Å²) in [6, 6.07) is 8.29. The highest BCUT2D eigenvalue weighted by atomic mass is 16.5. The van der Waals surface area contributed by atoms with Gasteiger partial charge in [0, 0.05) is 17.6 Å². The first kappa shape index (κ1) is 25.7. The number of carbonyl (C=O) groups excluding carboxylic acids is 1. The molecule has 0 aliphatic carbocycles. The fraction of sp³-hybridized carbons (Fsp3) is 0.483. The SMILES string of the molecule is C=CC(=O)Oc1cc(C)c(C(CCC)c2cc(C(C)(C)C)c(O)cc2C)cc1C(C)(C)C. The zero-order chi connectivity index (χ0) is 24.4. The van der Waals surface area contributed by atoms with Gasteiger partial charge >= 0.3 is 5.97 Å². The number of benzene rings is 2. The summed E-state index contributed by atoms with van der Waals surface area (Å²) in [4.78, 5) is 12.0. The largest absolute Gasteiger partial charge is 0.508 e. The fourth-order valence-corrected chi connectivity index (χ4v) is 4.35. The molecule has 0 fully saturated rings. The van der Waals surface area contributed by atoms with Gasteiger partial charge in [0.15, 0.2) is 0 Å². The number of phenolic OH excluding ortho intramolecular Hbond substituents is 1. The lowest BCUT2D eigenvalue weighted by Gasteiger charge is -2.29. The first-order valence-corrected chi connectivity index (χ1v) is 11.5. The number of ether oxygens (including phenoxy) is 1. The summed E-state index contributed by atoms with van der Waals surface area (Å²) in [5.74, 6) is 0.688. The standard InChI is InChI=1S/C29H40O3/c1-11-13-20(21-16-23(28(5,6)7)25(30)14-18(21)3)22-17-24(29(8,9)10)26(15-19(22)4)32-27(31)12-2/h12,14-17,20,30H,2,11,13H2,1,3-10H3. The third-order valence-electron chi connectivity index (χ3n) is 6.07. The predicted molar refractivity (Wildman–Crippen MR) is 134 cm³/mol. The molecule has 3 heteroatoms. The van der Waals surface area contributed by atoms with E-state index in [1.165, 1.54) is 17.2 Å². The first-order chi connectivity index (χ1) is 14.7. The van der Waals surface area contributed by atoms with Crippen molar-refractivity contribution in [1.82, 2.24) is 0 Å². The minimum Gasteiger partial charge on any atom is -0.508 e. The maximum atomic E-state index is 12.0.